The van der Waals surface area contributed by atoms with Gasteiger partial charge in [0.1, 0.15) is 0 Å². The van der Waals surface area contributed by atoms with Gasteiger partial charge < -0.3 is 10.6 Å². The number of carbonyl (C=O) groups excluding carboxylic acids is 1. The average molecular weight is 482 g/mol. The van der Waals surface area contributed by atoms with E-state index in [4.69, 9.17) is 5.73 Å². The highest BCUT2D eigenvalue weighted by Crippen LogP contribution is 2.23. The summed E-state index contributed by atoms with van der Waals surface area (Å²) in [6.07, 6.45) is 6.27. The number of hydrogen-bond acceptors (Lipinski definition) is 9. The summed E-state index contributed by atoms with van der Waals surface area (Å²) in [6, 6.07) is 5.23. The molecule has 3 N–H and O–H groups in total. The Morgan fingerprint density at radius 1 is 1.25 bits per heavy atom. The van der Waals surface area contributed by atoms with Crippen LogP contribution in [-0.4, -0.2) is 52.6 Å². The third-order valence-corrected chi connectivity index (χ3v) is 6.89. The fraction of sp³-hybridized carbons (Fsp3) is 0.389. The Kier molecular flexibility index (Phi) is 7.71. The number of nitrogens with zero attached hydrogens (tertiary/aromatic N) is 5. The number of fused-ring (bicyclic) bond motifs is 1. The Hall–Kier alpha value is -3.10. The summed E-state index contributed by atoms with van der Waals surface area (Å²) in [5.74, 6) is 0.147. The predicted octanol–water partition coefficient (Wildman–Crippen LogP) is 1.53. The van der Waals surface area contributed by atoms with E-state index < -0.39 is 26.5 Å². The molecule has 0 saturated heterocycles. The van der Waals surface area contributed by atoms with Gasteiger partial charge in [-0.25, -0.2) is 18.1 Å². The Morgan fingerprint density at radius 2 is 2.00 bits per heavy atom. The lowest BCUT2D eigenvalue weighted by Crippen LogP contribution is -2.35. The first-order valence-electron chi connectivity index (χ1n) is 9.84. The van der Waals surface area contributed by atoms with Gasteiger partial charge in [-0.15, -0.1) is 0 Å². The van der Waals surface area contributed by atoms with Gasteiger partial charge in [-0.05, 0) is 18.9 Å². The van der Waals surface area contributed by atoms with Crippen molar-refractivity contribution in [3.8, 4) is 0 Å². The Morgan fingerprint density at radius 3 is 2.75 bits per heavy atom. The van der Waals surface area contributed by atoms with E-state index in [1.807, 2.05) is 0 Å². The summed E-state index contributed by atoms with van der Waals surface area (Å²) in [5, 5.41) is 11.1. The van der Waals surface area contributed by atoms with Crippen molar-refractivity contribution in [3.63, 3.8) is 0 Å². The molecular weight excluding hydrogens is 458 g/mol. The second kappa shape index (κ2) is 10.5. The van der Waals surface area contributed by atoms with Gasteiger partial charge in [-0.3, -0.25) is 19.3 Å². The van der Waals surface area contributed by atoms with Gasteiger partial charge in [0.2, 0.25) is 26.8 Å². The van der Waals surface area contributed by atoms with Gasteiger partial charge in [-0.1, -0.05) is 25.0 Å². The lowest BCUT2D eigenvalue weighted by atomic mass is 10.2. The number of rotatable bonds is 13. The summed E-state index contributed by atoms with van der Waals surface area (Å²) in [7, 11) is -3.97. The van der Waals surface area contributed by atoms with Crippen LogP contribution in [0.3, 0.4) is 0 Å². The smallest absolute Gasteiger partial charge is 0.289 e. The van der Waals surface area contributed by atoms with Crippen LogP contribution < -0.4 is 15.4 Å². The Labute approximate surface area is 188 Å². The molecule has 0 aliphatic heterocycles. The molecule has 32 heavy (non-hydrogen) atoms. The van der Waals surface area contributed by atoms with Gasteiger partial charge in [0.05, 0.1) is 11.5 Å². The van der Waals surface area contributed by atoms with Gasteiger partial charge in [0.25, 0.3) is 5.69 Å². The zero-order valence-corrected chi connectivity index (χ0v) is 18.7. The first-order chi connectivity index (χ1) is 15.3. The maximum absolute atomic E-state index is 12.4. The Bertz CT molecular complexity index is 1190. The zero-order valence-electron chi connectivity index (χ0n) is 17.1. The largest absolute Gasteiger partial charge is 0.368 e. The molecule has 2 heterocycles. The molecule has 0 atom stereocenters. The van der Waals surface area contributed by atoms with Gasteiger partial charge in [0.15, 0.2) is 4.90 Å². The SMILES string of the molecule is NC(=O)CN(CCCCCCNS(=O)(=O)c1ccccc1[N+](=O)[O-])c1nsc2nccn12. The molecule has 0 unspecified atom stereocenters. The number of carbonyl (C=O) groups is 1. The number of hydrogen-bond donors (Lipinski definition) is 2. The number of sulfonamides is 1. The van der Waals surface area contributed by atoms with Gasteiger partial charge in [-0.2, -0.15) is 4.37 Å². The average Bonchev–Trinajstić information content (AvgIpc) is 3.36. The number of unbranched alkanes of at least 4 members (excludes halogenated alkanes) is 3. The molecule has 0 fully saturated rings. The monoisotopic (exact) mass is 481 g/mol. The predicted molar refractivity (Wildman–Crippen MR) is 119 cm³/mol. The van der Waals surface area contributed by atoms with E-state index in [9.17, 15) is 23.3 Å². The van der Waals surface area contributed by atoms with E-state index in [0.29, 0.717) is 18.9 Å². The molecule has 3 rings (SSSR count). The van der Waals surface area contributed by atoms with E-state index in [-0.39, 0.29) is 18.0 Å². The minimum atomic E-state index is -3.97. The van der Waals surface area contributed by atoms with Crippen LogP contribution >= 0.6 is 11.5 Å². The van der Waals surface area contributed by atoms with E-state index in [2.05, 4.69) is 14.1 Å². The quantitative estimate of drug-likeness (QED) is 0.211. The van der Waals surface area contributed by atoms with E-state index >= 15 is 0 Å². The van der Waals surface area contributed by atoms with Crippen molar-refractivity contribution in [2.75, 3.05) is 24.5 Å². The van der Waals surface area contributed by atoms with Crippen molar-refractivity contribution in [2.24, 2.45) is 5.73 Å². The van der Waals surface area contributed by atoms with Crippen LogP contribution in [0.1, 0.15) is 25.7 Å². The summed E-state index contributed by atoms with van der Waals surface area (Å²) < 4.78 is 33.3. The first kappa shape index (κ1) is 23.6. The normalized spacial score (nSPS) is 11.6. The van der Waals surface area contributed by atoms with Crippen LogP contribution in [0.2, 0.25) is 0 Å². The highest BCUT2D eigenvalue weighted by molar-refractivity contribution is 7.89. The van der Waals surface area contributed by atoms with Crippen LogP contribution in [0.25, 0.3) is 4.96 Å². The number of amides is 1. The lowest BCUT2D eigenvalue weighted by Gasteiger charge is -2.20. The molecule has 0 saturated carbocycles. The minimum absolute atomic E-state index is 0.0344. The topological polar surface area (TPSA) is 166 Å². The first-order valence-corrected chi connectivity index (χ1v) is 12.1. The number of benzene rings is 1. The van der Waals surface area contributed by atoms with Crippen molar-refractivity contribution in [1.29, 1.82) is 0 Å². The summed E-state index contributed by atoms with van der Waals surface area (Å²) in [4.78, 5) is 28.1. The van der Waals surface area contributed by atoms with Crippen molar-refractivity contribution >= 4 is 44.1 Å². The Balaban J connectivity index is 1.45. The molecule has 2 aromatic heterocycles. The molecule has 0 radical (unpaired) electrons. The van der Waals surface area contributed by atoms with Crippen molar-refractivity contribution in [2.45, 2.75) is 30.6 Å². The molecule has 3 aromatic rings. The molecule has 0 bridgehead atoms. The minimum Gasteiger partial charge on any atom is -0.368 e. The highest BCUT2D eigenvalue weighted by Gasteiger charge is 2.24. The van der Waals surface area contributed by atoms with Crippen LogP contribution in [0.15, 0.2) is 41.6 Å². The van der Waals surface area contributed by atoms with Gasteiger partial charge in [0, 0.05) is 43.1 Å². The number of primary amides is 1. The van der Waals surface area contributed by atoms with Crippen molar-refractivity contribution in [1.82, 2.24) is 18.5 Å². The van der Waals surface area contributed by atoms with E-state index in [1.165, 1.54) is 29.7 Å². The highest BCUT2D eigenvalue weighted by atomic mass is 32.2. The fourth-order valence-corrected chi connectivity index (χ4v) is 5.13. The fourth-order valence-electron chi connectivity index (χ4n) is 3.18. The molecule has 172 valence electrons. The molecular formula is C18H23N7O5S2. The summed E-state index contributed by atoms with van der Waals surface area (Å²) in [5.41, 5.74) is 4.91. The summed E-state index contributed by atoms with van der Waals surface area (Å²) in [6.45, 7) is 0.760. The third kappa shape index (κ3) is 5.77. The third-order valence-electron chi connectivity index (χ3n) is 4.66. The van der Waals surface area contributed by atoms with Crippen LogP contribution in [0.5, 0.6) is 0 Å². The van der Waals surface area contributed by atoms with Crippen molar-refractivity contribution < 1.29 is 18.1 Å². The van der Waals surface area contributed by atoms with E-state index in [1.54, 1.807) is 21.7 Å². The second-order valence-corrected chi connectivity index (χ2v) is 9.45. The van der Waals surface area contributed by atoms with Gasteiger partial charge >= 0.3 is 0 Å². The number of nitrogens with two attached hydrogens (primary N) is 1. The number of aromatic nitrogens is 3. The molecule has 14 heteroatoms. The summed E-state index contributed by atoms with van der Waals surface area (Å²) >= 11 is 1.23. The molecule has 1 amide bonds. The number of anilines is 1. The molecule has 0 aliphatic carbocycles. The zero-order chi connectivity index (χ0) is 23.1. The van der Waals surface area contributed by atoms with Crippen molar-refractivity contribution in [3.05, 3.63) is 46.8 Å². The second-order valence-electron chi connectivity index (χ2n) is 6.99. The maximum atomic E-state index is 12.4. The van der Waals surface area contributed by atoms with E-state index in [0.717, 1.165) is 30.3 Å². The maximum Gasteiger partial charge on any atom is 0.289 e. The molecule has 0 spiro atoms. The number of para-hydroxylation sites is 1. The van der Waals surface area contributed by atoms with Crippen LogP contribution in [0, 0.1) is 10.1 Å². The van der Waals surface area contributed by atoms with Crippen LogP contribution in [0.4, 0.5) is 11.6 Å². The number of nitrogens with one attached hydrogen (secondary N) is 1. The number of nitro benzene ring substituents is 1. The molecule has 12 nitrogen and oxygen atoms in total. The lowest BCUT2D eigenvalue weighted by molar-refractivity contribution is -0.387. The van der Waals surface area contributed by atoms with Crippen LogP contribution in [-0.2, 0) is 14.8 Å². The molecule has 0 aliphatic rings. The number of imidazole rings is 1. The molecule has 1 aromatic carbocycles. The standard InChI is InChI=1S/C18H23N7O5S2/c19-16(26)13-23(17-22-31-18-20-10-12-24(17)18)11-6-2-1-5-9-21-32(29,30)15-8-4-3-7-14(15)25(27)28/h3-4,7-8,10,12,21H,1-2,5-6,9,11,13H2,(H2,19,26). The number of nitro groups is 1.